The van der Waals surface area contributed by atoms with Crippen molar-refractivity contribution in [2.24, 2.45) is 0 Å². The van der Waals surface area contributed by atoms with Gasteiger partial charge >= 0.3 is 0 Å². The molecule has 0 saturated heterocycles. The number of aromatic nitrogens is 1. The first kappa shape index (κ1) is 14.6. The molecule has 1 aromatic heterocycles. The summed E-state index contributed by atoms with van der Waals surface area (Å²) in [5.74, 6) is 1.37. The summed E-state index contributed by atoms with van der Waals surface area (Å²) in [6.45, 7) is 5.99. The van der Waals surface area contributed by atoms with Crippen molar-refractivity contribution in [3.63, 3.8) is 0 Å². The smallest absolute Gasteiger partial charge is 0.179 e. The van der Waals surface area contributed by atoms with E-state index in [1.165, 1.54) is 4.88 Å². The molecular weight excluding hydrogens is 308 g/mol. The highest BCUT2D eigenvalue weighted by Crippen LogP contribution is 2.38. The molecule has 0 fully saturated rings. The second-order valence-electron chi connectivity index (χ2n) is 5.01. The maximum absolute atomic E-state index is 6.24. The van der Waals surface area contributed by atoms with Crippen LogP contribution in [0.15, 0.2) is 18.3 Å². The summed E-state index contributed by atoms with van der Waals surface area (Å²) in [4.78, 5) is 5.62. The zero-order chi connectivity index (χ0) is 14.8. The minimum Gasteiger partial charge on any atom is -0.486 e. The number of hydrogen-bond acceptors (Lipinski definition) is 5. The Bertz CT molecular complexity index is 645. The van der Waals surface area contributed by atoms with Gasteiger partial charge in [-0.2, -0.15) is 0 Å². The first-order chi connectivity index (χ1) is 10.1. The molecule has 0 saturated carbocycles. The summed E-state index contributed by atoms with van der Waals surface area (Å²) in [5.41, 5.74) is 1.07. The number of nitrogens with one attached hydrogen (secondary N) is 1. The van der Waals surface area contributed by atoms with E-state index < -0.39 is 0 Å². The fraction of sp³-hybridized carbons (Fsp3) is 0.400. The third-order valence-electron chi connectivity index (χ3n) is 3.28. The molecule has 1 aromatic carbocycles. The number of aryl methyl sites for hydroxylation is 1. The lowest BCUT2D eigenvalue weighted by Gasteiger charge is -2.20. The fourth-order valence-corrected chi connectivity index (χ4v) is 3.29. The van der Waals surface area contributed by atoms with Crippen LogP contribution in [0.3, 0.4) is 0 Å². The lowest BCUT2D eigenvalue weighted by atomic mass is 10.2. The first-order valence-corrected chi connectivity index (χ1v) is 8.06. The topological polar surface area (TPSA) is 43.4 Å². The molecule has 6 heteroatoms. The lowest BCUT2D eigenvalue weighted by molar-refractivity contribution is 0.171. The summed E-state index contributed by atoms with van der Waals surface area (Å²) in [7, 11) is 0. The largest absolute Gasteiger partial charge is 0.486 e. The number of ether oxygens (including phenoxy) is 2. The molecule has 1 N–H and O–H groups in total. The minimum atomic E-state index is 0.204. The van der Waals surface area contributed by atoms with Crippen molar-refractivity contribution in [2.45, 2.75) is 26.4 Å². The SMILES string of the molecule is Cc1cnc(C(C)NCc2cc(Cl)c3c(c2)OCCO3)s1. The van der Waals surface area contributed by atoms with Crippen molar-refractivity contribution in [2.75, 3.05) is 13.2 Å². The van der Waals surface area contributed by atoms with Crippen LogP contribution in [-0.4, -0.2) is 18.2 Å². The Labute approximate surface area is 133 Å². The maximum Gasteiger partial charge on any atom is 0.179 e. The Morgan fingerprint density at radius 1 is 1.38 bits per heavy atom. The van der Waals surface area contributed by atoms with Gasteiger partial charge in [-0.25, -0.2) is 4.98 Å². The Morgan fingerprint density at radius 3 is 2.95 bits per heavy atom. The monoisotopic (exact) mass is 324 g/mol. The lowest BCUT2D eigenvalue weighted by Crippen LogP contribution is -2.19. The van der Waals surface area contributed by atoms with E-state index in [-0.39, 0.29) is 6.04 Å². The quantitative estimate of drug-likeness (QED) is 0.930. The molecule has 0 spiro atoms. The predicted octanol–water partition coefficient (Wildman–Crippen LogP) is 3.73. The Balaban J connectivity index is 1.69. The molecule has 0 aliphatic carbocycles. The van der Waals surface area contributed by atoms with Crippen molar-refractivity contribution < 1.29 is 9.47 Å². The number of nitrogens with zero attached hydrogens (tertiary/aromatic N) is 1. The van der Waals surface area contributed by atoms with Gasteiger partial charge in [0.05, 0.1) is 11.1 Å². The van der Waals surface area contributed by atoms with Gasteiger partial charge in [-0.1, -0.05) is 11.6 Å². The Morgan fingerprint density at radius 2 is 2.19 bits per heavy atom. The van der Waals surface area contributed by atoms with Crippen LogP contribution in [0.25, 0.3) is 0 Å². The van der Waals surface area contributed by atoms with Crippen LogP contribution in [0, 0.1) is 6.92 Å². The highest BCUT2D eigenvalue weighted by atomic mass is 35.5. The van der Waals surface area contributed by atoms with E-state index in [0.29, 0.717) is 30.5 Å². The maximum atomic E-state index is 6.24. The zero-order valence-electron chi connectivity index (χ0n) is 12.0. The minimum absolute atomic E-state index is 0.204. The molecule has 2 heterocycles. The van der Waals surface area contributed by atoms with Crippen LogP contribution in [0.2, 0.25) is 5.02 Å². The summed E-state index contributed by atoms with van der Waals surface area (Å²) in [5, 5.41) is 5.15. The molecule has 0 bridgehead atoms. The van der Waals surface area contributed by atoms with E-state index in [9.17, 15) is 0 Å². The van der Waals surface area contributed by atoms with Gasteiger partial charge in [0.15, 0.2) is 11.5 Å². The van der Waals surface area contributed by atoms with E-state index >= 15 is 0 Å². The molecular formula is C15H17ClN2O2S. The van der Waals surface area contributed by atoms with Gasteiger partial charge in [0.2, 0.25) is 0 Å². The second kappa shape index (κ2) is 6.22. The van der Waals surface area contributed by atoms with E-state index in [1.807, 2.05) is 18.3 Å². The molecule has 4 nitrogen and oxygen atoms in total. The van der Waals surface area contributed by atoms with E-state index in [1.54, 1.807) is 11.3 Å². The van der Waals surface area contributed by atoms with Crippen LogP contribution < -0.4 is 14.8 Å². The van der Waals surface area contributed by atoms with Gasteiger partial charge in [-0.05, 0) is 31.5 Å². The number of benzene rings is 1. The molecule has 1 aliphatic heterocycles. The number of hydrogen-bond donors (Lipinski definition) is 1. The summed E-state index contributed by atoms with van der Waals surface area (Å²) in [6.07, 6.45) is 1.90. The summed E-state index contributed by atoms with van der Waals surface area (Å²) < 4.78 is 11.1. The average molecular weight is 325 g/mol. The van der Waals surface area contributed by atoms with Crippen molar-refractivity contribution in [3.05, 3.63) is 38.8 Å². The predicted molar refractivity (Wildman–Crippen MR) is 84.5 cm³/mol. The highest BCUT2D eigenvalue weighted by Gasteiger charge is 2.17. The summed E-state index contributed by atoms with van der Waals surface area (Å²) in [6, 6.07) is 4.10. The molecule has 112 valence electrons. The zero-order valence-corrected chi connectivity index (χ0v) is 13.6. The molecule has 3 rings (SSSR count). The Kier molecular flexibility index (Phi) is 4.33. The van der Waals surface area contributed by atoms with Gasteiger partial charge in [0.1, 0.15) is 18.2 Å². The number of thiazole rings is 1. The Hall–Kier alpha value is -1.30. The third-order valence-corrected chi connectivity index (χ3v) is 4.65. The van der Waals surface area contributed by atoms with Crippen molar-refractivity contribution in [1.82, 2.24) is 10.3 Å². The number of fused-ring (bicyclic) bond motifs is 1. The fourth-order valence-electron chi connectivity index (χ4n) is 2.20. The van der Waals surface area contributed by atoms with E-state index in [4.69, 9.17) is 21.1 Å². The number of rotatable bonds is 4. The normalized spacial score (nSPS) is 15.0. The van der Waals surface area contributed by atoms with Gasteiger partial charge in [-0.3, -0.25) is 0 Å². The third kappa shape index (κ3) is 3.31. The van der Waals surface area contributed by atoms with Crippen molar-refractivity contribution in [1.29, 1.82) is 0 Å². The highest BCUT2D eigenvalue weighted by molar-refractivity contribution is 7.11. The molecule has 2 aromatic rings. The van der Waals surface area contributed by atoms with E-state index in [0.717, 1.165) is 16.3 Å². The van der Waals surface area contributed by atoms with E-state index in [2.05, 4.69) is 24.1 Å². The number of halogens is 1. The second-order valence-corrected chi connectivity index (χ2v) is 6.69. The van der Waals surface area contributed by atoms with Crippen LogP contribution in [-0.2, 0) is 6.54 Å². The molecule has 0 amide bonds. The van der Waals surface area contributed by atoms with Gasteiger partial charge < -0.3 is 14.8 Å². The van der Waals surface area contributed by atoms with Crippen LogP contribution in [0.4, 0.5) is 0 Å². The molecule has 21 heavy (non-hydrogen) atoms. The van der Waals surface area contributed by atoms with Crippen molar-refractivity contribution in [3.8, 4) is 11.5 Å². The first-order valence-electron chi connectivity index (χ1n) is 6.87. The van der Waals surface area contributed by atoms with Crippen molar-refractivity contribution >= 4 is 22.9 Å². The molecule has 1 atom stereocenters. The average Bonchev–Trinajstić information content (AvgIpc) is 2.91. The van der Waals surface area contributed by atoms with Gasteiger partial charge in [-0.15, -0.1) is 11.3 Å². The van der Waals surface area contributed by atoms with Crippen LogP contribution in [0.5, 0.6) is 11.5 Å². The molecule has 0 radical (unpaired) electrons. The standard InChI is InChI=1S/C15H17ClN2O2S/c1-9-7-18-15(21-9)10(2)17-8-11-5-12(16)14-13(6-11)19-3-4-20-14/h5-7,10,17H,3-4,8H2,1-2H3. The summed E-state index contributed by atoms with van der Waals surface area (Å²) >= 11 is 7.95. The van der Waals surface area contributed by atoms with Gasteiger partial charge in [0.25, 0.3) is 0 Å². The van der Waals surface area contributed by atoms with Crippen LogP contribution in [0.1, 0.15) is 28.4 Å². The molecule has 1 aliphatic rings. The molecule has 1 unspecified atom stereocenters. The van der Waals surface area contributed by atoms with Gasteiger partial charge in [0, 0.05) is 17.6 Å². The van der Waals surface area contributed by atoms with Crippen LogP contribution >= 0.6 is 22.9 Å².